The van der Waals surface area contributed by atoms with E-state index in [0.29, 0.717) is 6.04 Å². The Morgan fingerprint density at radius 2 is 1.81 bits per heavy atom. The van der Waals surface area contributed by atoms with Crippen molar-refractivity contribution in [2.45, 2.75) is 45.3 Å². The molecule has 1 unspecified atom stereocenters. The van der Waals surface area contributed by atoms with Crippen LogP contribution in [-0.2, 0) is 17.8 Å². The SMILES string of the molecule is CN=C(NCc1cccc(CN2CCC(C)CC2)c1)N1CCC(N2CCOCC2)C1.I. The van der Waals surface area contributed by atoms with Gasteiger partial charge in [-0.15, -0.1) is 24.0 Å². The van der Waals surface area contributed by atoms with Gasteiger partial charge in [-0.1, -0.05) is 31.2 Å². The van der Waals surface area contributed by atoms with Crippen molar-refractivity contribution in [2.24, 2.45) is 10.9 Å². The summed E-state index contributed by atoms with van der Waals surface area (Å²) in [6, 6.07) is 9.68. The average molecular weight is 542 g/mol. The van der Waals surface area contributed by atoms with Crippen molar-refractivity contribution in [3.05, 3.63) is 35.4 Å². The maximum Gasteiger partial charge on any atom is 0.193 e. The number of guanidine groups is 1. The molecule has 3 fully saturated rings. The molecule has 6 nitrogen and oxygen atoms in total. The Balaban J connectivity index is 0.00000272. The number of hydrogen-bond acceptors (Lipinski definition) is 4. The van der Waals surface area contributed by atoms with E-state index in [1.165, 1.54) is 43.5 Å². The fourth-order valence-corrected chi connectivity index (χ4v) is 5.00. The lowest BCUT2D eigenvalue weighted by Gasteiger charge is -2.32. The van der Waals surface area contributed by atoms with E-state index in [9.17, 15) is 0 Å². The van der Waals surface area contributed by atoms with E-state index >= 15 is 0 Å². The number of hydrogen-bond donors (Lipinski definition) is 1. The number of halogens is 1. The van der Waals surface area contributed by atoms with Crippen LogP contribution < -0.4 is 5.32 Å². The molecule has 1 aromatic rings. The molecule has 0 amide bonds. The Kier molecular flexibility index (Phi) is 9.87. The van der Waals surface area contributed by atoms with Gasteiger partial charge in [-0.05, 0) is 49.4 Å². The van der Waals surface area contributed by atoms with Gasteiger partial charge >= 0.3 is 0 Å². The minimum absolute atomic E-state index is 0. The molecule has 7 heteroatoms. The molecule has 31 heavy (non-hydrogen) atoms. The minimum atomic E-state index is 0. The Hall–Kier alpha value is -0.900. The summed E-state index contributed by atoms with van der Waals surface area (Å²) in [5.41, 5.74) is 2.76. The lowest BCUT2D eigenvalue weighted by Crippen LogP contribution is -2.46. The predicted molar refractivity (Wildman–Crippen MR) is 138 cm³/mol. The number of nitrogens with one attached hydrogen (secondary N) is 1. The summed E-state index contributed by atoms with van der Waals surface area (Å²) >= 11 is 0. The summed E-state index contributed by atoms with van der Waals surface area (Å²) in [7, 11) is 1.90. The van der Waals surface area contributed by atoms with Crippen LogP contribution in [0.4, 0.5) is 0 Å². The van der Waals surface area contributed by atoms with Crippen LogP contribution in [0.1, 0.15) is 37.3 Å². The molecule has 1 aromatic carbocycles. The normalized spacial score (nSPS) is 24.3. The van der Waals surface area contributed by atoms with E-state index < -0.39 is 0 Å². The minimum Gasteiger partial charge on any atom is -0.379 e. The zero-order chi connectivity index (χ0) is 20.8. The second-order valence-corrected chi connectivity index (χ2v) is 9.22. The first kappa shape index (κ1) is 24.7. The molecular weight excluding hydrogens is 501 g/mol. The van der Waals surface area contributed by atoms with Gasteiger partial charge in [0.1, 0.15) is 0 Å². The van der Waals surface area contributed by atoms with Crippen LogP contribution in [0.25, 0.3) is 0 Å². The summed E-state index contributed by atoms with van der Waals surface area (Å²) in [5, 5.41) is 3.61. The third kappa shape index (κ3) is 7.04. The van der Waals surface area contributed by atoms with Gasteiger partial charge in [-0.25, -0.2) is 0 Å². The summed E-state index contributed by atoms with van der Waals surface area (Å²) in [6.07, 6.45) is 3.88. The fraction of sp³-hybridized carbons (Fsp3) is 0.708. The predicted octanol–water partition coefficient (Wildman–Crippen LogP) is 3.02. The summed E-state index contributed by atoms with van der Waals surface area (Å²) < 4.78 is 5.51. The third-order valence-corrected chi connectivity index (χ3v) is 6.96. The van der Waals surface area contributed by atoms with E-state index in [1.807, 2.05) is 7.05 Å². The topological polar surface area (TPSA) is 43.3 Å². The first-order valence-corrected chi connectivity index (χ1v) is 11.8. The van der Waals surface area contributed by atoms with Gasteiger partial charge in [-0.3, -0.25) is 14.8 Å². The number of ether oxygens (including phenoxy) is 1. The van der Waals surface area contributed by atoms with Crippen LogP contribution in [0.2, 0.25) is 0 Å². The smallest absolute Gasteiger partial charge is 0.193 e. The summed E-state index contributed by atoms with van der Waals surface area (Å²) in [6.45, 7) is 12.7. The first-order chi connectivity index (χ1) is 14.7. The van der Waals surface area contributed by atoms with E-state index in [1.54, 1.807) is 0 Å². The highest BCUT2D eigenvalue weighted by atomic mass is 127. The third-order valence-electron chi connectivity index (χ3n) is 6.96. The number of nitrogens with zero attached hydrogens (tertiary/aromatic N) is 4. The molecule has 0 spiro atoms. The second kappa shape index (κ2) is 12.4. The molecule has 3 aliphatic heterocycles. The quantitative estimate of drug-likeness (QED) is 0.353. The van der Waals surface area contributed by atoms with Crippen molar-refractivity contribution in [1.82, 2.24) is 20.0 Å². The molecule has 0 aliphatic carbocycles. The Morgan fingerprint density at radius 3 is 2.55 bits per heavy atom. The van der Waals surface area contributed by atoms with Crippen molar-refractivity contribution in [1.29, 1.82) is 0 Å². The molecule has 3 aliphatic rings. The number of morpholine rings is 1. The van der Waals surface area contributed by atoms with Gasteiger partial charge in [0, 0.05) is 52.4 Å². The van der Waals surface area contributed by atoms with Crippen molar-refractivity contribution >= 4 is 29.9 Å². The van der Waals surface area contributed by atoms with Crippen LogP contribution in [-0.4, -0.2) is 86.2 Å². The Morgan fingerprint density at radius 1 is 1.06 bits per heavy atom. The molecule has 1 atom stereocenters. The Labute approximate surface area is 205 Å². The molecule has 1 N–H and O–H groups in total. The maximum absolute atomic E-state index is 5.51. The standard InChI is InChI=1S/C24H39N5O.HI/c1-20-6-9-27(10-7-20)18-22-5-3-4-21(16-22)17-26-24(25-2)29-11-8-23(19-29)28-12-14-30-15-13-28;/h3-5,16,20,23H,6-15,17-19H2,1-2H3,(H,25,26);1H. The lowest BCUT2D eigenvalue weighted by atomic mass is 9.98. The van der Waals surface area contributed by atoms with E-state index in [-0.39, 0.29) is 24.0 Å². The molecule has 3 heterocycles. The first-order valence-electron chi connectivity index (χ1n) is 11.8. The van der Waals surface area contributed by atoms with Crippen LogP contribution in [0.15, 0.2) is 29.3 Å². The number of rotatable bonds is 5. The monoisotopic (exact) mass is 541 g/mol. The summed E-state index contributed by atoms with van der Waals surface area (Å²) in [5.74, 6) is 1.91. The van der Waals surface area contributed by atoms with Crippen molar-refractivity contribution in [2.75, 3.05) is 59.5 Å². The van der Waals surface area contributed by atoms with Gasteiger partial charge in [0.25, 0.3) is 0 Å². The van der Waals surface area contributed by atoms with Gasteiger partial charge < -0.3 is 15.0 Å². The molecule has 174 valence electrons. The maximum atomic E-state index is 5.51. The van der Waals surface area contributed by atoms with Crippen molar-refractivity contribution in [3.63, 3.8) is 0 Å². The number of aliphatic imine (C=N–C) groups is 1. The summed E-state index contributed by atoms with van der Waals surface area (Å²) in [4.78, 5) is 12.2. The van der Waals surface area contributed by atoms with Gasteiger partial charge in [-0.2, -0.15) is 0 Å². The van der Waals surface area contributed by atoms with Crippen LogP contribution in [0.3, 0.4) is 0 Å². The number of likely N-dealkylation sites (tertiary alicyclic amines) is 2. The average Bonchev–Trinajstić information content (AvgIpc) is 3.27. The van der Waals surface area contributed by atoms with E-state index in [0.717, 1.165) is 64.4 Å². The van der Waals surface area contributed by atoms with Crippen LogP contribution >= 0.6 is 24.0 Å². The fourth-order valence-electron chi connectivity index (χ4n) is 5.00. The molecule has 4 rings (SSSR count). The largest absolute Gasteiger partial charge is 0.379 e. The van der Waals surface area contributed by atoms with Crippen LogP contribution in [0.5, 0.6) is 0 Å². The van der Waals surface area contributed by atoms with E-state index in [2.05, 4.69) is 56.2 Å². The highest BCUT2D eigenvalue weighted by molar-refractivity contribution is 14.0. The zero-order valence-corrected chi connectivity index (χ0v) is 21.6. The van der Waals surface area contributed by atoms with Gasteiger partial charge in [0.15, 0.2) is 5.96 Å². The van der Waals surface area contributed by atoms with Crippen LogP contribution in [0, 0.1) is 5.92 Å². The lowest BCUT2D eigenvalue weighted by molar-refractivity contribution is 0.0195. The molecular formula is C24H40IN5O. The highest BCUT2D eigenvalue weighted by Crippen LogP contribution is 2.19. The van der Waals surface area contributed by atoms with Crippen molar-refractivity contribution in [3.8, 4) is 0 Å². The molecule has 0 bridgehead atoms. The zero-order valence-electron chi connectivity index (χ0n) is 19.3. The van der Waals surface area contributed by atoms with E-state index in [4.69, 9.17) is 4.74 Å². The highest BCUT2D eigenvalue weighted by Gasteiger charge is 2.30. The van der Waals surface area contributed by atoms with Gasteiger partial charge in [0.05, 0.1) is 13.2 Å². The van der Waals surface area contributed by atoms with Crippen molar-refractivity contribution < 1.29 is 4.74 Å². The Bertz CT molecular complexity index is 701. The molecule has 0 aromatic heterocycles. The molecule has 0 saturated carbocycles. The number of benzene rings is 1. The number of piperidine rings is 1. The van der Waals surface area contributed by atoms with Gasteiger partial charge in [0.2, 0.25) is 0 Å². The second-order valence-electron chi connectivity index (χ2n) is 9.22. The molecule has 0 radical (unpaired) electrons. The molecule has 3 saturated heterocycles.